The highest BCUT2D eigenvalue weighted by atomic mass is 32.2. The van der Waals surface area contributed by atoms with Gasteiger partial charge in [0.1, 0.15) is 22.2 Å². The lowest BCUT2D eigenvalue weighted by Crippen LogP contribution is -2.36. The van der Waals surface area contributed by atoms with Crippen molar-refractivity contribution in [3.8, 4) is 11.5 Å². The summed E-state index contributed by atoms with van der Waals surface area (Å²) in [5, 5.41) is 0. The van der Waals surface area contributed by atoms with E-state index in [2.05, 4.69) is 0 Å². The number of carbonyl (C=O) groups excluding carboxylic acids is 1. The van der Waals surface area contributed by atoms with Gasteiger partial charge in [0.25, 0.3) is 5.91 Å². The molecular formula is C24H24FNO5S. The van der Waals surface area contributed by atoms with Gasteiger partial charge in [-0.3, -0.25) is 4.79 Å². The van der Waals surface area contributed by atoms with Crippen LogP contribution in [0.25, 0.3) is 0 Å². The summed E-state index contributed by atoms with van der Waals surface area (Å²) in [6, 6.07) is 17.7. The minimum absolute atomic E-state index is 0.101. The largest absolute Gasteiger partial charge is 0.497 e. The fourth-order valence-corrected chi connectivity index (χ4v) is 4.00. The Kier molecular flexibility index (Phi) is 7.15. The molecule has 0 heterocycles. The van der Waals surface area contributed by atoms with Crippen LogP contribution in [0.2, 0.25) is 0 Å². The van der Waals surface area contributed by atoms with Crippen LogP contribution in [0.1, 0.15) is 29.8 Å². The Bertz CT molecular complexity index is 1190. The highest BCUT2D eigenvalue weighted by Gasteiger charge is 2.21. The predicted molar refractivity (Wildman–Crippen MR) is 119 cm³/mol. The number of ether oxygens (including phenoxy) is 1. The second-order valence-corrected chi connectivity index (χ2v) is 8.94. The highest BCUT2D eigenvalue weighted by molar-refractivity contribution is 7.87. The minimum atomic E-state index is -4.12. The van der Waals surface area contributed by atoms with Gasteiger partial charge in [-0.2, -0.15) is 8.42 Å². The summed E-state index contributed by atoms with van der Waals surface area (Å²) in [5.74, 6) is -0.0325. The van der Waals surface area contributed by atoms with Gasteiger partial charge >= 0.3 is 10.1 Å². The Balaban J connectivity index is 1.81. The van der Waals surface area contributed by atoms with Crippen LogP contribution in [0, 0.1) is 5.82 Å². The van der Waals surface area contributed by atoms with Crippen LogP contribution in [-0.2, 0) is 16.7 Å². The third kappa shape index (κ3) is 5.64. The van der Waals surface area contributed by atoms with Gasteiger partial charge in [-0.25, -0.2) is 4.39 Å². The zero-order valence-corrected chi connectivity index (χ0v) is 18.8. The quantitative estimate of drug-likeness (QED) is 0.460. The number of amides is 1. The SMILES string of the molecule is COc1cccc(C(=O)N(Cc2cccc(OS(=O)(=O)c3ccc(F)cc3)c2)C(C)C)c1. The Labute approximate surface area is 187 Å². The summed E-state index contributed by atoms with van der Waals surface area (Å²) in [7, 11) is -2.58. The van der Waals surface area contributed by atoms with Crippen molar-refractivity contribution in [2.75, 3.05) is 7.11 Å². The molecule has 0 spiro atoms. The lowest BCUT2D eigenvalue weighted by atomic mass is 10.1. The number of hydrogen-bond acceptors (Lipinski definition) is 5. The molecule has 0 bridgehead atoms. The number of rotatable bonds is 8. The number of nitrogens with zero attached hydrogens (tertiary/aromatic N) is 1. The standard InChI is InChI=1S/C24H24FNO5S/c1-17(2)26(24(27)19-7-5-8-21(15-19)30-3)16-18-6-4-9-22(14-18)31-32(28,29)23-12-10-20(25)11-13-23/h4-15,17H,16H2,1-3H3. The molecule has 3 rings (SSSR count). The average molecular weight is 458 g/mol. The first-order chi connectivity index (χ1) is 15.2. The Hall–Kier alpha value is -3.39. The van der Waals surface area contributed by atoms with Gasteiger partial charge in [-0.05, 0) is 74.0 Å². The molecule has 0 N–H and O–H groups in total. The summed E-state index contributed by atoms with van der Waals surface area (Å²) < 4.78 is 48.5. The summed E-state index contributed by atoms with van der Waals surface area (Å²) in [5.41, 5.74) is 1.19. The van der Waals surface area contributed by atoms with Gasteiger partial charge in [0.15, 0.2) is 0 Å². The van der Waals surface area contributed by atoms with Crippen LogP contribution in [0.15, 0.2) is 77.7 Å². The normalized spacial score (nSPS) is 11.3. The maximum Gasteiger partial charge on any atom is 0.339 e. The zero-order valence-electron chi connectivity index (χ0n) is 18.0. The van der Waals surface area contributed by atoms with E-state index in [1.807, 2.05) is 13.8 Å². The number of hydrogen-bond donors (Lipinski definition) is 0. The molecule has 0 unspecified atom stereocenters. The third-order valence-electron chi connectivity index (χ3n) is 4.76. The van der Waals surface area contributed by atoms with E-state index in [4.69, 9.17) is 8.92 Å². The summed E-state index contributed by atoms with van der Waals surface area (Å²) in [6.45, 7) is 4.05. The van der Waals surface area contributed by atoms with Crippen molar-refractivity contribution in [3.63, 3.8) is 0 Å². The second-order valence-electron chi connectivity index (χ2n) is 7.40. The first kappa shape index (κ1) is 23.3. The van der Waals surface area contributed by atoms with Crippen molar-refractivity contribution < 1.29 is 26.5 Å². The molecule has 0 saturated heterocycles. The molecular weight excluding hydrogens is 433 g/mol. The molecule has 0 atom stereocenters. The molecule has 0 aliphatic rings. The Morgan fingerprint density at radius 3 is 2.28 bits per heavy atom. The van der Waals surface area contributed by atoms with Crippen LogP contribution in [0.5, 0.6) is 11.5 Å². The summed E-state index contributed by atoms with van der Waals surface area (Å²) in [4.78, 5) is 14.6. The lowest BCUT2D eigenvalue weighted by Gasteiger charge is -2.27. The van der Waals surface area contributed by atoms with Gasteiger partial charge in [-0.1, -0.05) is 18.2 Å². The van der Waals surface area contributed by atoms with Gasteiger partial charge < -0.3 is 13.8 Å². The number of halogens is 1. The summed E-state index contributed by atoms with van der Waals surface area (Å²) in [6.07, 6.45) is 0. The molecule has 0 aromatic heterocycles. The fraction of sp³-hybridized carbons (Fsp3) is 0.208. The van der Waals surface area contributed by atoms with Crippen molar-refractivity contribution in [2.24, 2.45) is 0 Å². The van der Waals surface area contributed by atoms with Crippen LogP contribution < -0.4 is 8.92 Å². The first-order valence-corrected chi connectivity index (χ1v) is 11.3. The molecule has 3 aromatic carbocycles. The summed E-state index contributed by atoms with van der Waals surface area (Å²) >= 11 is 0. The van der Waals surface area contributed by atoms with Crippen LogP contribution in [0.4, 0.5) is 4.39 Å². The molecule has 6 nitrogen and oxygen atoms in total. The smallest absolute Gasteiger partial charge is 0.339 e. The molecule has 1 amide bonds. The fourth-order valence-electron chi connectivity index (χ4n) is 3.08. The maximum absolute atomic E-state index is 13.1. The Morgan fingerprint density at radius 2 is 1.62 bits per heavy atom. The second kappa shape index (κ2) is 9.82. The zero-order chi connectivity index (χ0) is 23.3. The van der Waals surface area contributed by atoms with E-state index < -0.39 is 15.9 Å². The average Bonchev–Trinajstić information content (AvgIpc) is 2.77. The molecule has 0 aliphatic heterocycles. The van der Waals surface area contributed by atoms with Gasteiger partial charge in [0.2, 0.25) is 0 Å². The minimum Gasteiger partial charge on any atom is -0.497 e. The molecule has 0 aliphatic carbocycles. The monoisotopic (exact) mass is 457 g/mol. The molecule has 0 fully saturated rings. The van der Waals surface area contributed by atoms with Gasteiger partial charge in [-0.15, -0.1) is 0 Å². The van der Waals surface area contributed by atoms with Crippen molar-refractivity contribution in [1.82, 2.24) is 4.90 Å². The predicted octanol–water partition coefficient (Wildman–Crippen LogP) is 4.65. The van der Waals surface area contributed by atoms with E-state index in [1.54, 1.807) is 47.4 Å². The molecule has 8 heteroatoms. The van der Waals surface area contributed by atoms with E-state index >= 15 is 0 Å². The van der Waals surface area contributed by atoms with E-state index in [-0.39, 0.29) is 29.1 Å². The number of benzene rings is 3. The van der Waals surface area contributed by atoms with E-state index in [0.29, 0.717) is 16.9 Å². The third-order valence-corrected chi connectivity index (χ3v) is 6.02. The highest BCUT2D eigenvalue weighted by Crippen LogP contribution is 2.23. The maximum atomic E-state index is 13.1. The topological polar surface area (TPSA) is 72.9 Å². The van der Waals surface area contributed by atoms with Crippen molar-refractivity contribution >= 4 is 16.0 Å². The van der Waals surface area contributed by atoms with Crippen molar-refractivity contribution in [2.45, 2.75) is 31.3 Å². The Morgan fingerprint density at radius 1 is 0.969 bits per heavy atom. The van der Waals surface area contributed by atoms with Crippen LogP contribution >= 0.6 is 0 Å². The number of methoxy groups -OCH3 is 1. The lowest BCUT2D eigenvalue weighted by molar-refractivity contribution is 0.0690. The molecule has 3 aromatic rings. The molecule has 168 valence electrons. The number of carbonyl (C=O) groups is 1. The van der Waals surface area contributed by atoms with E-state index in [9.17, 15) is 17.6 Å². The molecule has 32 heavy (non-hydrogen) atoms. The van der Waals surface area contributed by atoms with Crippen molar-refractivity contribution in [1.29, 1.82) is 0 Å². The van der Waals surface area contributed by atoms with E-state index in [1.165, 1.54) is 13.2 Å². The van der Waals surface area contributed by atoms with Crippen LogP contribution in [0.3, 0.4) is 0 Å². The van der Waals surface area contributed by atoms with Crippen LogP contribution in [-0.4, -0.2) is 32.4 Å². The molecule has 0 saturated carbocycles. The van der Waals surface area contributed by atoms with Crippen molar-refractivity contribution in [3.05, 3.63) is 89.7 Å². The molecule has 0 radical (unpaired) electrons. The van der Waals surface area contributed by atoms with Gasteiger partial charge in [0, 0.05) is 18.2 Å². The first-order valence-electron chi connectivity index (χ1n) is 9.93. The van der Waals surface area contributed by atoms with Gasteiger partial charge in [0.05, 0.1) is 7.11 Å². The van der Waals surface area contributed by atoms with E-state index in [0.717, 1.165) is 24.3 Å².